The van der Waals surface area contributed by atoms with Crippen LogP contribution in [-0.2, 0) is 0 Å². The Labute approximate surface area is 104 Å². The lowest BCUT2D eigenvalue weighted by molar-refractivity contribution is 0.413. The molecule has 0 amide bonds. The van der Waals surface area contributed by atoms with E-state index < -0.39 is 0 Å². The molecule has 94 valence electrons. The summed E-state index contributed by atoms with van der Waals surface area (Å²) in [4.78, 5) is 4.36. The van der Waals surface area contributed by atoms with Crippen LogP contribution in [0.4, 0.5) is 5.82 Å². The highest BCUT2D eigenvalue weighted by Crippen LogP contribution is 2.24. The Bertz CT molecular complexity index is 337. The van der Waals surface area contributed by atoms with Gasteiger partial charge in [0.05, 0.1) is 13.3 Å². The summed E-state index contributed by atoms with van der Waals surface area (Å²) in [5.41, 5.74) is 0. The van der Waals surface area contributed by atoms with Crippen molar-refractivity contribution in [2.75, 3.05) is 12.4 Å². The minimum absolute atomic E-state index is 0.584. The average Bonchev–Trinajstić information content (AvgIpc) is 2.56. The number of hydrogen-bond acceptors (Lipinski definition) is 3. The van der Waals surface area contributed by atoms with Crippen molar-refractivity contribution in [2.24, 2.45) is 5.92 Å². The Balaban J connectivity index is 1.90. The Morgan fingerprint density at radius 3 is 2.82 bits per heavy atom. The topological polar surface area (TPSA) is 34.1 Å². The van der Waals surface area contributed by atoms with Gasteiger partial charge in [0, 0.05) is 6.04 Å². The van der Waals surface area contributed by atoms with Crippen LogP contribution in [0.15, 0.2) is 18.3 Å². The molecule has 1 saturated carbocycles. The number of anilines is 1. The number of methoxy groups -OCH3 is 1. The van der Waals surface area contributed by atoms with Gasteiger partial charge in [0.15, 0.2) is 0 Å². The van der Waals surface area contributed by atoms with Crippen molar-refractivity contribution < 1.29 is 4.74 Å². The van der Waals surface area contributed by atoms with Crippen LogP contribution in [-0.4, -0.2) is 18.1 Å². The van der Waals surface area contributed by atoms with Crippen LogP contribution < -0.4 is 10.1 Å². The molecule has 1 aliphatic carbocycles. The van der Waals surface area contributed by atoms with E-state index in [2.05, 4.69) is 17.2 Å². The Hall–Kier alpha value is -1.25. The van der Waals surface area contributed by atoms with E-state index in [0.717, 1.165) is 17.5 Å². The molecular formula is C14H22N2O. The summed E-state index contributed by atoms with van der Waals surface area (Å²) in [7, 11) is 1.66. The fraction of sp³-hybridized carbons (Fsp3) is 0.643. The molecule has 3 nitrogen and oxygen atoms in total. The molecule has 0 spiro atoms. The third kappa shape index (κ3) is 3.62. The summed E-state index contributed by atoms with van der Waals surface area (Å²) in [5.74, 6) is 2.65. The number of pyridine rings is 1. The van der Waals surface area contributed by atoms with Crippen LogP contribution in [0, 0.1) is 5.92 Å². The third-order valence-corrected chi connectivity index (χ3v) is 3.58. The monoisotopic (exact) mass is 234 g/mol. The van der Waals surface area contributed by atoms with Crippen LogP contribution in [0.2, 0.25) is 0 Å². The molecule has 3 heteroatoms. The molecule has 2 atom stereocenters. The van der Waals surface area contributed by atoms with Gasteiger partial charge in [-0.15, -0.1) is 0 Å². The van der Waals surface area contributed by atoms with Crippen LogP contribution >= 0.6 is 0 Å². The zero-order valence-corrected chi connectivity index (χ0v) is 10.8. The first kappa shape index (κ1) is 12.2. The molecule has 2 rings (SSSR count). The van der Waals surface area contributed by atoms with Gasteiger partial charge in [-0.25, -0.2) is 4.98 Å². The molecule has 0 aliphatic heterocycles. The molecule has 17 heavy (non-hydrogen) atoms. The van der Waals surface area contributed by atoms with E-state index in [-0.39, 0.29) is 0 Å². The number of ether oxygens (including phenoxy) is 1. The normalized spacial score (nSPS) is 25.1. The second-order valence-corrected chi connectivity index (χ2v) is 5.04. The summed E-state index contributed by atoms with van der Waals surface area (Å²) in [6.45, 7) is 2.36. The van der Waals surface area contributed by atoms with Gasteiger partial charge < -0.3 is 10.1 Å². The lowest BCUT2D eigenvalue weighted by atomic mass is 10.0. The van der Waals surface area contributed by atoms with Crippen molar-refractivity contribution in [3.63, 3.8) is 0 Å². The van der Waals surface area contributed by atoms with Crippen molar-refractivity contribution in [3.8, 4) is 5.75 Å². The van der Waals surface area contributed by atoms with Gasteiger partial charge in [0.25, 0.3) is 0 Å². The highest BCUT2D eigenvalue weighted by molar-refractivity contribution is 5.38. The van der Waals surface area contributed by atoms with E-state index >= 15 is 0 Å². The van der Waals surface area contributed by atoms with Gasteiger partial charge in [0.2, 0.25) is 0 Å². The standard InChI is InChI=1S/C14H22N2O/c1-11-4-3-5-12(7-6-11)16-14-9-8-13(17-2)10-15-14/h8-12H,3-7H2,1-2H3,(H,15,16). The van der Waals surface area contributed by atoms with E-state index in [0.29, 0.717) is 6.04 Å². The zero-order chi connectivity index (χ0) is 12.1. The summed E-state index contributed by atoms with van der Waals surface area (Å²) >= 11 is 0. The Kier molecular flexibility index (Phi) is 4.24. The highest BCUT2D eigenvalue weighted by Gasteiger charge is 2.16. The van der Waals surface area contributed by atoms with Gasteiger partial charge in [-0.3, -0.25) is 0 Å². The number of aromatic nitrogens is 1. The number of nitrogens with one attached hydrogen (secondary N) is 1. The van der Waals surface area contributed by atoms with Crippen molar-refractivity contribution >= 4 is 5.82 Å². The Morgan fingerprint density at radius 2 is 2.12 bits per heavy atom. The number of rotatable bonds is 3. The lowest BCUT2D eigenvalue weighted by Crippen LogP contribution is -2.19. The van der Waals surface area contributed by atoms with Crippen molar-refractivity contribution in [1.82, 2.24) is 4.98 Å². The van der Waals surface area contributed by atoms with Crippen LogP contribution in [0.3, 0.4) is 0 Å². The zero-order valence-electron chi connectivity index (χ0n) is 10.8. The second kappa shape index (κ2) is 5.89. The molecule has 2 unspecified atom stereocenters. The molecular weight excluding hydrogens is 212 g/mol. The molecule has 0 radical (unpaired) electrons. The lowest BCUT2D eigenvalue weighted by Gasteiger charge is -2.17. The Morgan fingerprint density at radius 1 is 1.24 bits per heavy atom. The fourth-order valence-electron chi connectivity index (χ4n) is 2.43. The van der Waals surface area contributed by atoms with Gasteiger partial charge in [-0.05, 0) is 37.3 Å². The summed E-state index contributed by atoms with van der Waals surface area (Å²) in [6.07, 6.45) is 8.31. The summed E-state index contributed by atoms with van der Waals surface area (Å²) in [6, 6.07) is 4.53. The van der Waals surface area contributed by atoms with Gasteiger partial charge in [-0.2, -0.15) is 0 Å². The van der Waals surface area contributed by atoms with E-state index in [4.69, 9.17) is 4.74 Å². The second-order valence-electron chi connectivity index (χ2n) is 5.04. The quantitative estimate of drug-likeness (QED) is 0.813. The SMILES string of the molecule is COc1ccc(NC2CCCC(C)CC2)nc1. The molecule has 0 aromatic carbocycles. The van der Waals surface area contributed by atoms with Gasteiger partial charge >= 0.3 is 0 Å². The van der Waals surface area contributed by atoms with Crippen molar-refractivity contribution in [3.05, 3.63) is 18.3 Å². The van der Waals surface area contributed by atoms with E-state index in [1.807, 2.05) is 12.1 Å². The molecule has 1 fully saturated rings. The molecule has 0 saturated heterocycles. The molecule has 1 N–H and O–H groups in total. The van der Waals surface area contributed by atoms with Crippen molar-refractivity contribution in [2.45, 2.75) is 45.1 Å². The molecule has 0 bridgehead atoms. The summed E-state index contributed by atoms with van der Waals surface area (Å²) < 4.78 is 5.10. The first-order valence-electron chi connectivity index (χ1n) is 6.54. The minimum atomic E-state index is 0.584. The van der Waals surface area contributed by atoms with Crippen molar-refractivity contribution in [1.29, 1.82) is 0 Å². The van der Waals surface area contributed by atoms with E-state index in [1.54, 1.807) is 13.3 Å². The van der Waals surface area contributed by atoms with Gasteiger partial charge in [-0.1, -0.05) is 19.8 Å². The largest absolute Gasteiger partial charge is 0.495 e. The predicted octanol–water partition coefficient (Wildman–Crippen LogP) is 3.47. The van der Waals surface area contributed by atoms with Gasteiger partial charge in [0.1, 0.15) is 11.6 Å². The first-order valence-corrected chi connectivity index (χ1v) is 6.54. The average molecular weight is 234 g/mol. The predicted molar refractivity (Wildman–Crippen MR) is 70.4 cm³/mol. The maximum Gasteiger partial charge on any atom is 0.137 e. The molecule has 1 aromatic heterocycles. The number of hydrogen-bond donors (Lipinski definition) is 1. The molecule has 1 aromatic rings. The number of nitrogens with zero attached hydrogens (tertiary/aromatic N) is 1. The maximum absolute atomic E-state index is 5.10. The first-order chi connectivity index (χ1) is 8.28. The molecule has 1 aliphatic rings. The smallest absolute Gasteiger partial charge is 0.137 e. The molecule has 1 heterocycles. The summed E-state index contributed by atoms with van der Waals surface area (Å²) in [5, 5.41) is 3.53. The fourth-order valence-corrected chi connectivity index (χ4v) is 2.43. The van der Waals surface area contributed by atoms with Crippen LogP contribution in [0.25, 0.3) is 0 Å². The minimum Gasteiger partial charge on any atom is -0.495 e. The third-order valence-electron chi connectivity index (χ3n) is 3.58. The highest BCUT2D eigenvalue weighted by atomic mass is 16.5. The van der Waals surface area contributed by atoms with Crippen LogP contribution in [0.1, 0.15) is 39.0 Å². The van der Waals surface area contributed by atoms with E-state index in [9.17, 15) is 0 Å². The maximum atomic E-state index is 5.10. The van der Waals surface area contributed by atoms with E-state index in [1.165, 1.54) is 32.1 Å². The van der Waals surface area contributed by atoms with Crippen LogP contribution in [0.5, 0.6) is 5.75 Å².